The van der Waals surface area contributed by atoms with Gasteiger partial charge in [-0.2, -0.15) is 13.2 Å². The number of halogens is 3. The van der Waals surface area contributed by atoms with Gasteiger partial charge in [0.25, 0.3) is 5.91 Å². The fraction of sp³-hybridized carbons (Fsp3) is 0.263. The molecule has 5 nitrogen and oxygen atoms in total. The zero-order valence-electron chi connectivity index (χ0n) is 14.5. The molecule has 0 fully saturated rings. The Morgan fingerprint density at radius 1 is 1.07 bits per heavy atom. The number of ether oxygens (including phenoxy) is 1. The van der Waals surface area contributed by atoms with Crippen LogP contribution in [0.1, 0.15) is 22.8 Å². The lowest BCUT2D eigenvalue weighted by Gasteiger charge is -2.21. The van der Waals surface area contributed by atoms with Crippen LogP contribution in [0, 0.1) is 0 Å². The van der Waals surface area contributed by atoms with Crippen LogP contribution in [0.4, 0.5) is 13.2 Å². The van der Waals surface area contributed by atoms with E-state index in [4.69, 9.17) is 10.5 Å². The Balaban J connectivity index is 2.22. The molecule has 2 aromatic carbocycles. The quantitative estimate of drug-likeness (QED) is 0.775. The SMILES string of the molecule is CO[C@@H](C(=O)N[C@H](Cc1ccccc1C(F)(F)F)C(N)=O)c1ccccc1. The Hall–Kier alpha value is -2.87. The minimum Gasteiger partial charge on any atom is -0.368 e. The summed E-state index contributed by atoms with van der Waals surface area (Å²) in [6, 6.07) is 12.0. The van der Waals surface area contributed by atoms with Gasteiger partial charge in [-0.15, -0.1) is 0 Å². The van der Waals surface area contributed by atoms with Crippen LogP contribution in [0.3, 0.4) is 0 Å². The fourth-order valence-corrected chi connectivity index (χ4v) is 2.69. The molecule has 2 rings (SSSR count). The van der Waals surface area contributed by atoms with E-state index in [0.29, 0.717) is 5.56 Å². The van der Waals surface area contributed by atoms with E-state index in [0.717, 1.165) is 6.07 Å². The smallest absolute Gasteiger partial charge is 0.368 e. The summed E-state index contributed by atoms with van der Waals surface area (Å²) >= 11 is 0. The van der Waals surface area contributed by atoms with Gasteiger partial charge in [0.05, 0.1) is 5.56 Å². The second-order valence-electron chi connectivity index (χ2n) is 5.85. The molecule has 0 heterocycles. The van der Waals surface area contributed by atoms with Crippen LogP contribution in [0.5, 0.6) is 0 Å². The topological polar surface area (TPSA) is 81.4 Å². The number of primary amides is 1. The molecule has 0 aromatic heterocycles. The van der Waals surface area contributed by atoms with Crippen molar-refractivity contribution >= 4 is 11.8 Å². The number of carbonyl (C=O) groups is 2. The molecule has 27 heavy (non-hydrogen) atoms. The zero-order chi connectivity index (χ0) is 20.0. The molecule has 0 bridgehead atoms. The van der Waals surface area contributed by atoms with Crippen LogP contribution in [0.2, 0.25) is 0 Å². The molecule has 0 unspecified atom stereocenters. The van der Waals surface area contributed by atoms with E-state index in [1.165, 1.54) is 25.3 Å². The van der Waals surface area contributed by atoms with Crippen molar-refractivity contribution in [3.63, 3.8) is 0 Å². The predicted octanol–water partition coefficient (Wildman–Crippen LogP) is 2.61. The number of methoxy groups -OCH3 is 1. The van der Waals surface area contributed by atoms with E-state index in [-0.39, 0.29) is 12.0 Å². The van der Waals surface area contributed by atoms with Gasteiger partial charge in [-0.05, 0) is 17.2 Å². The van der Waals surface area contributed by atoms with Gasteiger partial charge in [0.15, 0.2) is 6.10 Å². The second kappa shape index (κ2) is 8.68. The molecular weight excluding hydrogens is 361 g/mol. The Morgan fingerprint density at radius 3 is 2.22 bits per heavy atom. The third kappa shape index (κ3) is 5.30. The van der Waals surface area contributed by atoms with Crippen molar-refractivity contribution < 1.29 is 27.5 Å². The number of benzene rings is 2. The molecule has 0 aliphatic carbocycles. The molecule has 0 radical (unpaired) electrons. The first-order valence-corrected chi connectivity index (χ1v) is 8.06. The fourth-order valence-electron chi connectivity index (χ4n) is 2.69. The highest BCUT2D eigenvalue weighted by atomic mass is 19.4. The number of hydrogen-bond acceptors (Lipinski definition) is 3. The lowest BCUT2D eigenvalue weighted by atomic mass is 9.99. The van der Waals surface area contributed by atoms with Crippen LogP contribution < -0.4 is 11.1 Å². The maximum absolute atomic E-state index is 13.1. The molecule has 0 aliphatic heterocycles. The summed E-state index contributed by atoms with van der Waals surface area (Å²) in [6.45, 7) is 0. The Labute approximate surface area is 154 Å². The van der Waals surface area contributed by atoms with Gasteiger partial charge in [-0.1, -0.05) is 48.5 Å². The minimum atomic E-state index is -4.58. The molecule has 2 atom stereocenters. The van der Waals surface area contributed by atoms with Gasteiger partial charge < -0.3 is 15.8 Å². The van der Waals surface area contributed by atoms with Crippen molar-refractivity contribution in [1.29, 1.82) is 0 Å². The predicted molar refractivity (Wildman–Crippen MR) is 92.5 cm³/mol. The molecule has 2 aromatic rings. The van der Waals surface area contributed by atoms with Crippen molar-refractivity contribution in [2.45, 2.75) is 24.7 Å². The van der Waals surface area contributed by atoms with Gasteiger partial charge >= 0.3 is 6.18 Å². The largest absolute Gasteiger partial charge is 0.416 e. The number of hydrogen-bond donors (Lipinski definition) is 2. The summed E-state index contributed by atoms with van der Waals surface area (Å²) in [5, 5.41) is 2.39. The van der Waals surface area contributed by atoms with Crippen molar-refractivity contribution in [3.8, 4) is 0 Å². The first-order valence-electron chi connectivity index (χ1n) is 8.06. The van der Waals surface area contributed by atoms with E-state index < -0.39 is 35.7 Å². The van der Waals surface area contributed by atoms with E-state index in [1.54, 1.807) is 30.3 Å². The number of rotatable bonds is 7. The monoisotopic (exact) mass is 380 g/mol. The van der Waals surface area contributed by atoms with Gasteiger partial charge in [-0.3, -0.25) is 9.59 Å². The van der Waals surface area contributed by atoms with Gasteiger partial charge in [0.2, 0.25) is 5.91 Å². The third-order valence-corrected chi connectivity index (χ3v) is 3.98. The molecule has 0 saturated heterocycles. The van der Waals surface area contributed by atoms with Gasteiger partial charge in [0.1, 0.15) is 6.04 Å². The van der Waals surface area contributed by atoms with E-state index >= 15 is 0 Å². The molecule has 144 valence electrons. The summed E-state index contributed by atoms with van der Waals surface area (Å²) < 4.78 is 44.6. The standard InChI is InChI=1S/C19H19F3N2O3/c1-27-16(12-7-3-2-4-8-12)18(26)24-15(17(23)25)11-13-9-5-6-10-14(13)19(20,21)22/h2-10,15-16H,11H2,1H3,(H2,23,25)(H,24,26)/t15-,16-/m1/s1. The average Bonchev–Trinajstić information content (AvgIpc) is 2.62. The highest BCUT2D eigenvalue weighted by Gasteiger charge is 2.34. The second-order valence-corrected chi connectivity index (χ2v) is 5.85. The molecule has 3 N–H and O–H groups in total. The van der Waals surface area contributed by atoms with E-state index in [2.05, 4.69) is 5.32 Å². The number of carbonyl (C=O) groups excluding carboxylic acids is 2. The van der Waals surface area contributed by atoms with Gasteiger partial charge in [-0.25, -0.2) is 0 Å². The normalized spacial score (nSPS) is 13.6. The lowest BCUT2D eigenvalue weighted by Crippen LogP contribution is -2.47. The number of amides is 2. The van der Waals surface area contributed by atoms with Crippen molar-refractivity contribution in [2.24, 2.45) is 5.73 Å². The molecular formula is C19H19F3N2O3. The van der Waals surface area contributed by atoms with Crippen LogP contribution in [-0.2, 0) is 26.9 Å². The van der Waals surface area contributed by atoms with Gasteiger partial charge in [0, 0.05) is 13.5 Å². The molecule has 2 amide bonds. The molecule has 0 spiro atoms. The van der Waals surface area contributed by atoms with Crippen molar-refractivity contribution in [1.82, 2.24) is 5.32 Å². The Kier molecular flexibility index (Phi) is 6.57. The first-order chi connectivity index (χ1) is 12.7. The third-order valence-electron chi connectivity index (χ3n) is 3.98. The molecule has 0 aliphatic rings. The van der Waals surface area contributed by atoms with Crippen LogP contribution in [0.25, 0.3) is 0 Å². The number of nitrogens with two attached hydrogens (primary N) is 1. The van der Waals surface area contributed by atoms with Crippen LogP contribution in [0.15, 0.2) is 54.6 Å². The minimum absolute atomic E-state index is 0.136. The van der Waals surface area contributed by atoms with E-state index in [9.17, 15) is 22.8 Å². The van der Waals surface area contributed by atoms with Crippen LogP contribution in [-0.4, -0.2) is 25.0 Å². The molecule has 8 heteroatoms. The maximum Gasteiger partial charge on any atom is 0.416 e. The van der Waals surface area contributed by atoms with Crippen molar-refractivity contribution in [3.05, 3.63) is 71.3 Å². The highest BCUT2D eigenvalue weighted by molar-refractivity contribution is 5.89. The summed E-state index contributed by atoms with van der Waals surface area (Å²) in [5.41, 5.74) is 4.82. The average molecular weight is 380 g/mol. The summed E-state index contributed by atoms with van der Waals surface area (Å²) in [6.07, 6.45) is -5.99. The summed E-state index contributed by atoms with van der Waals surface area (Å²) in [5.74, 6) is -1.61. The van der Waals surface area contributed by atoms with Crippen molar-refractivity contribution in [2.75, 3.05) is 7.11 Å². The maximum atomic E-state index is 13.1. The summed E-state index contributed by atoms with van der Waals surface area (Å²) in [7, 11) is 1.31. The Morgan fingerprint density at radius 2 is 1.67 bits per heavy atom. The number of nitrogens with one attached hydrogen (secondary N) is 1. The Bertz CT molecular complexity index is 794. The van der Waals surface area contributed by atoms with E-state index in [1.807, 2.05) is 0 Å². The molecule has 0 saturated carbocycles. The van der Waals surface area contributed by atoms with Crippen LogP contribution >= 0.6 is 0 Å². The summed E-state index contributed by atoms with van der Waals surface area (Å²) in [4.78, 5) is 24.2. The number of alkyl halides is 3. The zero-order valence-corrected chi connectivity index (χ0v) is 14.5. The highest BCUT2D eigenvalue weighted by Crippen LogP contribution is 2.32. The first kappa shape index (κ1) is 20.4. The lowest BCUT2D eigenvalue weighted by molar-refractivity contribution is -0.138.